The Morgan fingerprint density at radius 1 is 1.09 bits per heavy atom. The number of aliphatic hydroxyl groups excluding tert-OH is 1. The molecule has 0 saturated heterocycles. The highest BCUT2D eigenvalue weighted by atomic mass is 35.5. The number of aliphatic carboxylic acids is 1. The smallest absolute Gasteiger partial charge is 0.309 e. The molecule has 2 N–H and O–H groups in total. The number of benzene rings is 3. The summed E-state index contributed by atoms with van der Waals surface area (Å²) in [6.07, 6.45) is -1.70. The standard InChI is InChI=1S/C24H18Cl2FN3O5/c25-17-7-6-14(12-18(17)26)35-21-8-5-13(11-19(21)27)22(31)16(24(33)34)9-10-30-23(32)15-3-1-2-4-20(15)28-29-30/h1-8,11-12,16,22,31H,9-10H2,(H,33,34)/t16-,22+/m0/s1. The lowest BCUT2D eigenvalue weighted by Crippen LogP contribution is -2.29. The Balaban J connectivity index is 1.51. The monoisotopic (exact) mass is 517 g/mol. The van der Waals surface area contributed by atoms with Crippen LogP contribution in [0.2, 0.25) is 10.0 Å². The van der Waals surface area contributed by atoms with Gasteiger partial charge in [-0.2, -0.15) is 0 Å². The number of aryl methyl sites for hydroxylation is 1. The van der Waals surface area contributed by atoms with E-state index in [0.29, 0.717) is 15.9 Å². The number of halogens is 3. The number of hydrogen-bond donors (Lipinski definition) is 2. The molecule has 4 rings (SSSR count). The zero-order valence-electron chi connectivity index (χ0n) is 17.9. The molecule has 180 valence electrons. The van der Waals surface area contributed by atoms with Crippen molar-refractivity contribution in [3.63, 3.8) is 0 Å². The zero-order valence-corrected chi connectivity index (χ0v) is 19.4. The van der Waals surface area contributed by atoms with Crippen LogP contribution in [0.1, 0.15) is 18.1 Å². The maximum absolute atomic E-state index is 14.7. The molecular weight excluding hydrogens is 500 g/mol. The second kappa shape index (κ2) is 10.4. The Labute approximate surface area is 208 Å². The Hall–Kier alpha value is -3.53. The third-order valence-corrected chi connectivity index (χ3v) is 6.13. The first-order valence-electron chi connectivity index (χ1n) is 10.4. The first-order chi connectivity index (χ1) is 16.7. The van der Waals surface area contributed by atoms with Gasteiger partial charge in [0, 0.05) is 12.6 Å². The molecule has 0 aliphatic heterocycles. The third-order valence-electron chi connectivity index (χ3n) is 5.40. The highest BCUT2D eigenvalue weighted by Gasteiger charge is 2.29. The van der Waals surface area contributed by atoms with Gasteiger partial charge in [0.2, 0.25) is 0 Å². The average molecular weight is 518 g/mol. The SMILES string of the molecule is O=C(O)[C@@H](CCn1nnc2ccccc2c1=O)[C@H](O)c1ccc(Oc2ccc(Cl)c(Cl)c2)c(F)c1. The average Bonchev–Trinajstić information content (AvgIpc) is 2.84. The summed E-state index contributed by atoms with van der Waals surface area (Å²) in [5.74, 6) is -3.36. The van der Waals surface area contributed by atoms with Gasteiger partial charge < -0.3 is 14.9 Å². The molecule has 3 aromatic carbocycles. The van der Waals surface area contributed by atoms with Crippen LogP contribution in [0.4, 0.5) is 4.39 Å². The van der Waals surface area contributed by atoms with Gasteiger partial charge in [-0.3, -0.25) is 9.59 Å². The molecule has 1 heterocycles. The van der Waals surface area contributed by atoms with Crippen LogP contribution in [0, 0.1) is 11.7 Å². The summed E-state index contributed by atoms with van der Waals surface area (Å²) in [5.41, 5.74) is 0.0274. The number of carboxylic acid groups (broad SMARTS) is 1. The van der Waals surface area contributed by atoms with Gasteiger partial charge in [0.1, 0.15) is 11.3 Å². The van der Waals surface area contributed by atoms with E-state index >= 15 is 0 Å². The molecule has 2 atom stereocenters. The Morgan fingerprint density at radius 3 is 2.57 bits per heavy atom. The van der Waals surface area contributed by atoms with E-state index in [1.54, 1.807) is 24.3 Å². The number of fused-ring (bicyclic) bond motifs is 1. The lowest BCUT2D eigenvalue weighted by atomic mass is 9.92. The Morgan fingerprint density at radius 2 is 1.86 bits per heavy atom. The summed E-state index contributed by atoms with van der Waals surface area (Å²) < 4.78 is 21.2. The topological polar surface area (TPSA) is 115 Å². The largest absolute Gasteiger partial charge is 0.481 e. The Kier molecular flexibility index (Phi) is 7.30. The van der Waals surface area contributed by atoms with Crippen molar-refractivity contribution in [1.82, 2.24) is 15.0 Å². The van der Waals surface area contributed by atoms with Crippen LogP contribution < -0.4 is 10.3 Å². The van der Waals surface area contributed by atoms with Crippen LogP contribution in [0.25, 0.3) is 10.9 Å². The molecule has 35 heavy (non-hydrogen) atoms. The number of carbonyl (C=O) groups is 1. The first kappa shape index (κ1) is 24.6. The molecule has 8 nitrogen and oxygen atoms in total. The van der Waals surface area contributed by atoms with Gasteiger partial charge in [-0.15, -0.1) is 5.10 Å². The van der Waals surface area contributed by atoms with Crippen molar-refractivity contribution in [2.45, 2.75) is 19.1 Å². The van der Waals surface area contributed by atoms with Crippen LogP contribution in [-0.2, 0) is 11.3 Å². The minimum atomic E-state index is -1.55. The van der Waals surface area contributed by atoms with Crippen LogP contribution in [0.5, 0.6) is 11.5 Å². The second-order valence-corrected chi connectivity index (χ2v) is 8.50. The Bertz CT molecular complexity index is 1460. The molecule has 0 aliphatic rings. The molecular formula is C24H18Cl2FN3O5. The number of aliphatic hydroxyl groups is 1. The minimum absolute atomic E-state index is 0.0355. The van der Waals surface area contributed by atoms with Gasteiger partial charge >= 0.3 is 5.97 Å². The lowest BCUT2D eigenvalue weighted by Gasteiger charge is -2.20. The van der Waals surface area contributed by atoms with Crippen molar-refractivity contribution in [3.05, 3.63) is 92.4 Å². The van der Waals surface area contributed by atoms with E-state index in [1.165, 1.54) is 30.3 Å². The van der Waals surface area contributed by atoms with E-state index in [4.69, 9.17) is 27.9 Å². The summed E-state index contributed by atoms with van der Waals surface area (Å²) in [6.45, 7) is -0.105. The summed E-state index contributed by atoms with van der Waals surface area (Å²) >= 11 is 11.8. The highest BCUT2D eigenvalue weighted by molar-refractivity contribution is 6.42. The minimum Gasteiger partial charge on any atom is -0.481 e. The van der Waals surface area contributed by atoms with Gasteiger partial charge in [0.05, 0.1) is 27.5 Å². The molecule has 0 saturated carbocycles. The van der Waals surface area contributed by atoms with Gasteiger partial charge in [0.25, 0.3) is 5.56 Å². The first-order valence-corrected chi connectivity index (χ1v) is 11.2. The lowest BCUT2D eigenvalue weighted by molar-refractivity contribution is -0.146. The normalized spacial score (nSPS) is 12.9. The molecule has 0 amide bonds. The van der Waals surface area contributed by atoms with E-state index in [0.717, 1.165) is 10.7 Å². The van der Waals surface area contributed by atoms with Gasteiger partial charge in [-0.05, 0) is 48.4 Å². The highest BCUT2D eigenvalue weighted by Crippen LogP contribution is 2.33. The summed E-state index contributed by atoms with van der Waals surface area (Å²) in [5, 5.41) is 29.0. The molecule has 0 fully saturated rings. The zero-order chi connectivity index (χ0) is 25.1. The molecule has 11 heteroatoms. The number of rotatable bonds is 8. The molecule has 1 aromatic heterocycles. The van der Waals surface area contributed by atoms with Crippen molar-refractivity contribution in [3.8, 4) is 11.5 Å². The maximum Gasteiger partial charge on any atom is 0.309 e. The van der Waals surface area contributed by atoms with E-state index in [2.05, 4.69) is 10.3 Å². The molecule has 0 spiro atoms. The fourth-order valence-electron chi connectivity index (χ4n) is 3.53. The van der Waals surface area contributed by atoms with Gasteiger partial charge in [-0.1, -0.05) is 46.6 Å². The van der Waals surface area contributed by atoms with Crippen molar-refractivity contribution in [2.24, 2.45) is 5.92 Å². The van der Waals surface area contributed by atoms with E-state index in [9.17, 15) is 24.2 Å². The van der Waals surface area contributed by atoms with E-state index in [1.807, 2.05) is 0 Å². The second-order valence-electron chi connectivity index (χ2n) is 7.68. The van der Waals surface area contributed by atoms with E-state index in [-0.39, 0.29) is 35.1 Å². The van der Waals surface area contributed by atoms with Crippen LogP contribution in [0.15, 0.2) is 65.5 Å². The summed E-state index contributed by atoms with van der Waals surface area (Å²) in [7, 11) is 0. The van der Waals surface area contributed by atoms with Crippen molar-refractivity contribution in [1.29, 1.82) is 0 Å². The molecule has 0 aliphatic carbocycles. The van der Waals surface area contributed by atoms with Gasteiger partial charge in [-0.25, -0.2) is 9.07 Å². The fraction of sp³-hybridized carbons (Fsp3) is 0.167. The fourth-order valence-corrected chi connectivity index (χ4v) is 3.82. The maximum atomic E-state index is 14.7. The number of carboxylic acids is 1. The summed E-state index contributed by atoms with van der Waals surface area (Å²) in [4.78, 5) is 24.5. The molecule has 0 unspecified atom stereocenters. The van der Waals surface area contributed by atoms with Crippen molar-refractivity contribution in [2.75, 3.05) is 0 Å². The summed E-state index contributed by atoms with van der Waals surface area (Å²) in [6, 6.07) is 14.7. The third kappa shape index (κ3) is 5.43. The number of aromatic nitrogens is 3. The molecule has 0 bridgehead atoms. The number of hydrogen-bond acceptors (Lipinski definition) is 6. The number of ether oxygens (including phenoxy) is 1. The quantitative estimate of drug-likeness (QED) is 0.343. The van der Waals surface area contributed by atoms with Crippen molar-refractivity contribution < 1.29 is 24.1 Å². The molecule has 0 radical (unpaired) electrons. The van der Waals surface area contributed by atoms with Crippen molar-refractivity contribution >= 4 is 40.1 Å². The predicted molar refractivity (Wildman–Crippen MR) is 127 cm³/mol. The number of nitrogens with zero attached hydrogens (tertiary/aromatic N) is 3. The predicted octanol–water partition coefficient (Wildman–Crippen LogP) is 4.85. The molecule has 4 aromatic rings. The van der Waals surface area contributed by atoms with Crippen LogP contribution >= 0.6 is 23.2 Å². The van der Waals surface area contributed by atoms with Gasteiger partial charge in [0.15, 0.2) is 11.6 Å². The van der Waals surface area contributed by atoms with Crippen LogP contribution in [-0.4, -0.2) is 31.2 Å². The van der Waals surface area contributed by atoms with E-state index < -0.39 is 29.4 Å². The van der Waals surface area contributed by atoms with Crippen LogP contribution in [0.3, 0.4) is 0 Å².